The van der Waals surface area contributed by atoms with E-state index >= 15 is 0 Å². The molecule has 1 atom stereocenters. The molecule has 0 N–H and O–H groups in total. The first-order valence-corrected chi connectivity index (χ1v) is 10.7. The normalized spacial score (nSPS) is 16.4. The van der Waals surface area contributed by atoms with Crippen LogP contribution in [0.3, 0.4) is 0 Å². The van der Waals surface area contributed by atoms with Gasteiger partial charge in [-0.1, -0.05) is 0 Å². The maximum absolute atomic E-state index is 12.5. The van der Waals surface area contributed by atoms with Crippen LogP contribution in [-0.2, 0) is 10.0 Å². The topological polar surface area (TPSA) is 86.7 Å². The summed E-state index contributed by atoms with van der Waals surface area (Å²) in [6.07, 6.45) is 1.48. The molecule has 1 aliphatic rings. The molecule has 0 aliphatic carbocycles. The predicted octanol–water partition coefficient (Wildman–Crippen LogP) is 2.83. The van der Waals surface area contributed by atoms with Crippen molar-refractivity contribution >= 4 is 15.7 Å². The van der Waals surface area contributed by atoms with Crippen molar-refractivity contribution in [2.45, 2.75) is 12.5 Å². The third-order valence-electron chi connectivity index (χ3n) is 4.73. The summed E-state index contributed by atoms with van der Waals surface area (Å²) >= 11 is 0. The minimum absolute atomic E-state index is 0.347. The first-order valence-electron chi connectivity index (χ1n) is 8.83. The third-order valence-corrected chi connectivity index (χ3v) is 5.74. The second-order valence-corrected chi connectivity index (χ2v) is 8.32. The maximum Gasteiger partial charge on any atom is 0.247 e. The summed E-state index contributed by atoms with van der Waals surface area (Å²) in [4.78, 5) is 0. The smallest absolute Gasteiger partial charge is 0.247 e. The second kappa shape index (κ2) is 8.20. The molecular formula is C20H24N2O6S. The molecule has 1 aliphatic heterocycles. The molecule has 0 radical (unpaired) electrons. The van der Waals surface area contributed by atoms with Gasteiger partial charge in [-0.15, -0.1) is 0 Å². The highest BCUT2D eigenvalue weighted by atomic mass is 32.2. The molecule has 0 saturated heterocycles. The van der Waals surface area contributed by atoms with E-state index in [2.05, 4.69) is 5.10 Å². The van der Waals surface area contributed by atoms with Gasteiger partial charge in [0.25, 0.3) is 0 Å². The van der Waals surface area contributed by atoms with Crippen LogP contribution in [0.2, 0.25) is 0 Å². The van der Waals surface area contributed by atoms with Crippen LogP contribution >= 0.6 is 0 Å². The Morgan fingerprint density at radius 1 is 0.897 bits per heavy atom. The Labute approximate surface area is 170 Å². The van der Waals surface area contributed by atoms with Crippen molar-refractivity contribution in [3.63, 3.8) is 0 Å². The molecule has 1 heterocycles. The highest BCUT2D eigenvalue weighted by molar-refractivity contribution is 7.88. The number of nitrogens with zero attached hydrogens (tertiary/aromatic N) is 2. The summed E-state index contributed by atoms with van der Waals surface area (Å²) in [5.41, 5.74) is 1.96. The van der Waals surface area contributed by atoms with E-state index in [9.17, 15) is 8.42 Å². The van der Waals surface area contributed by atoms with E-state index in [1.807, 2.05) is 6.07 Å². The number of hydrogen-bond acceptors (Lipinski definition) is 7. The predicted molar refractivity (Wildman–Crippen MR) is 110 cm³/mol. The fraction of sp³-hybridized carbons (Fsp3) is 0.350. The standard InChI is InChI=1S/C20H24N2O6S/c1-25-13-7-9-19(27-3)16(10-13)18-12-17(21-22(18)29(5,23)24)15-8-6-14(26-2)11-20(15)28-4/h6-11,18H,12H2,1-5H3. The molecule has 1 unspecified atom stereocenters. The van der Waals surface area contributed by atoms with Crippen LogP contribution in [0.4, 0.5) is 0 Å². The lowest BCUT2D eigenvalue weighted by Gasteiger charge is -2.23. The van der Waals surface area contributed by atoms with Crippen LogP contribution < -0.4 is 18.9 Å². The minimum Gasteiger partial charge on any atom is -0.497 e. The Morgan fingerprint density at radius 3 is 2.10 bits per heavy atom. The molecule has 29 heavy (non-hydrogen) atoms. The van der Waals surface area contributed by atoms with E-state index in [4.69, 9.17) is 18.9 Å². The van der Waals surface area contributed by atoms with Crippen molar-refractivity contribution in [1.82, 2.24) is 4.41 Å². The Bertz CT molecular complexity index is 1040. The highest BCUT2D eigenvalue weighted by Gasteiger charge is 2.37. The summed E-state index contributed by atoms with van der Waals surface area (Å²) in [7, 11) is 2.58. The molecule has 2 aromatic rings. The van der Waals surface area contributed by atoms with Gasteiger partial charge in [-0.3, -0.25) is 0 Å². The zero-order valence-electron chi connectivity index (χ0n) is 17.0. The maximum atomic E-state index is 12.5. The molecule has 0 aromatic heterocycles. The van der Waals surface area contributed by atoms with Crippen LogP contribution in [-0.4, -0.2) is 53.2 Å². The number of ether oxygens (including phenoxy) is 4. The van der Waals surface area contributed by atoms with Gasteiger partial charge in [0.15, 0.2) is 0 Å². The van der Waals surface area contributed by atoms with Gasteiger partial charge >= 0.3 is 0 Å². The quantitative estimate of drug-likeness (QED) is 0.685. The molecule has 3 rings (SSSR count). The Hall–Kier alpha value is -2.94. The highest BCUT2D eigenvalue weighted by Crippen LogP contribution is 2.41. The van der Waals surface area contributed by atoms with Crippen LogP contribution in [0.15, 0.2) is 41.5 Å². The fourth-order valence-corrected chi connectivity index (χ4v) is 4.22. The molecule has 0 bridgehead atoms. The van der Waals surface area contributed by atoms with Crippen molar-refractivity contribution in [1.29, 1.82) is 0 Å². The molecule has 9 heteroatoms. The monoisotopic (exact) mass is 420 g/mol. The molecule has 0 amide bonds. The summed E-state index contributed by atoms with van der Waals surface area (Å²) in [5, 5.41) is 4.43. The molecule has 156 valence electrons. The summed E-state index contributed by atoms with van der Waals surface area (Å²) in [6, 6.07) is 10.0. The number of hydrogen-bond donors (Lipinski definition) is 0. The van der Waals surface area contributed by atoms with Crippen molar-refractivity contribution < 1.29 is 27.4 Å². The van der Waals surface area contributed by atoms with Crippen molar-refractivity contribution in [2.24, 2.45) is 5.10 Å². The van der Waals surface area contributed by atoms with Gasteiger partial charge in [0.2, 0.25) is 10.0 Å². The van der Waals surface area contributed by atoms with Gasteiger partial charge in [0.05, 0.1) is 46.4 Å². The number of sulfonamides is 1. The molecule has 8 nitrogen and oxygen atoms in total. The lowest BCUT2D eigenvalue weighted by Crippen LogP contribution is -2.26. The zero-order valence-corrected chi connectivity index (χ0v) is 17.8. The van der Waals surface area contributed by atoms with E-state index in [1.165, 1.54) is 0 Å². The van der Waals surface area contributed by atoms with Crippen LogP contribution in [0, 0.1) is 0 Å². The van der Waals surface area contributed by atoms with Crippen molar-refractivity contribution in [3.05, 3.63) is 47.5 Å². The minimum atomic E-state index is -3.63. The number of hydrazone groups is 1. The van der Waals surface area contributed by atoms with E-state index in [0.717, 1.165) is 10.7 Å². The Kier molecular flexibility index (Phi) is 5.88. The van der Waals surface area contributed by atoms with Gasteiger partial charge < -0.3 is 18.9 Å². The number of rotatable bonds is 7. The van der Waals surface area contributed by atoms with Crippen molar-refractivity contribution in [3.8, 4) is 23.0 Å². The molecular weight excluding hydrogens is 396 g/mol. The van der Waals surface area contributed by atoms with E-state index in [-0.39, 0.29) is 0 Å². The average Bonchev–Trinajstić information content (AvgIpc) is 3.18. The van der Waals surface area contributed by atoms with E-state index < -0.39 is 16.1 Å². The molecule has 2 aromatic carbocycles. The van der Waals surface area contributed by atoms with Crippen LogP contribution in [0.5, 0.6) is 23.0 Å². The fourth-order valence-electron chi connectivity index (χ4n) is 3.33. The lowest BCUT2D eigenvalue weighted by molar-refractivity contribution is 0.348. The van der Waals surface area contributed by atoms with Gasteiger partial charge in [-0.2, -0.15) is 9.52 Å². The SMILES string of the molecule is COc1ccc(C2=NN(S(C)(=O)=O)C(c3cc(OC)ccc3OC)C2)c(OC)c1. The first-order chi connectivity index (χ1) is 13.8. The van der Waals surface area contributed by atoms with Gasteiger partial charge in [0.1, 0.15) is 23.0 Å². The Balaban J connectivity index is 2.10. The molecule has 0 fully saturated rings. The summed E-state index contributed by atoms with van der Waals surface area (Å²) in [5.74, 6) is 2.34. The van der Waals surface area contributed by atoms with Crippen LogP contribution in [0.1, 0.15) is 23.6 Å². The third kappa shape index (κ3) is 4.09. The van der Waals surface area contributed by atoms with E-state index in [0.29, 0.717) is 46.3 Å². The van der Waals surface area contributed by atoms with Crippen LogP contribution in [0.25, 0.3) is 0 Å². The average molecular weight is 420 g/mol. The first kappa shape index (κ1) is 20.8. The van der Waals surface area contributed by atoms with E-state index in [1.54, 1.807) is 58.8 Å². The summed E-state index contributed by atoms with van der Waals surface area (Å²) in [6.45, 7) is 0. The second-order valence-electron chi connectivity index (χ2n) is 6.48. The zero-order chi connectivity index (χ0) is 21.2. The van der Waals surface area contributed by atoms with Gasteiger partial charge in [-0.25, -0.2) is 8.42 Å². The number of benzene rings is 2. The summed E-state index contributed by atoms with van der Waals surface area (Å²) < 4.78 is 47.6. The number of methoxy groups -OCH3 is 4. The molecule has 0 saturated carbocycles. The van der Waals surface area contributed by atoms with Crippen molar-refractivity contribution in [2.75, 3.05) is 34.7 Å². The Morgan fingerprint density at radius 2 is 1.52 bits per heavy atom. The van der Waals surface area contributed by atoms with Gasteiger partial charge in [0, 0.05) is 23.6 Å². The molecule has 0 spiro atoms. The largest absolute Gasteiger partial charge is 0.497 e. The lowest BCUT2D eigenvalue weighted by atomic mass is 9.97. The van der Waals surface area contributed by atoms with Gasteiger partial charge in [-0.05, 0) is 30.3 Å².